The number of carbonyl (C=O) groups excluding carboxylic acids is 2. The van der Waals surface area contributed by atoms with Gasteiger partial charge >= 0.3 is 6.03 Å². The van der Waals surface area contributed by atoms with Gasteiger partial charge in [-0.15, -0.1) is 0 Å². The van der Waals surface area contributed by atoms with Crippen molar-refractivity contribution in [2.45, 2.75) is 46.0 Å². The molecule has 0 fully saturated rings. The first-order chi connectivity index (χ1) is 11.0. The number of hydrogen-bond acceptors (Lipinski definition) is 2. The van der Waals surface area contributed by atoms with E-state index in [2.05, 4.69) is 29.8 Å². The van der Waals surface area contributed by atoms with Crippen LogP contribution in [-0.2, 0) is 0 Å². The average molecular weight is 319 g/mol. The standard InChI is InChI=1S/C18H29N3O2/c1-14(2)8-6-4-5-7-13-20-18(23)21-16-11-9-15(10-12-16)17(22)19-3/h9-12,14H,4-8,13H2,1-3H3,(H,19,22)(H2,20,21,23). The maximum Gasteiger partial charge on any atom is 0.319 e. The van der Waals surface area contributed by atoms with E-state index in [1.165, 1.54) is 19.3 Å². The van der Waals surface area contributed by atoms with Crippen LogP contribution in [0.2, 0.25) is 0 Å². The SMILES string of the molecule is CNC(=O)c1ccc(NC(=O)NCCCCCCC(C)C)cc1. The second-order valence-electron chi connectivity index (χ2n) is 6.13. The molecule has 0 aliphatic rings. The second kappa shape index (κ2) is 10.6. The van der Waals surface area contributed by atoms with Crippen LogP contribution in [0.5, 0.6) is 0 Å². The van der Waals surface area contributed by atoms with Crippen molar-refractivity contribution >= 4 is 17.6 Å². The largest absolute Gasteiger partial charge is 0.355 e. The van der Waals surface area contributed by atoms with Gasteiger partial charge in [0.1, 0.15) is 0 Å². The minimum Gasteiger partial charge on any atom is -0.355 e. The van der Waals surface area contributed by atoms with E-state index in [0.29, 0.717) is 17.8 Å². The molecule has 1 rings (SSSR count). The first-order valence-electron chi connectivity index (χ1n) is 8.40. The predicted molar refractivity (Wildman–Crippen MR) is 94.8 cm³/mol. The van der Waals surface area contributed by atoms with Crippen LogP contribution in [0.15, 0.2) is 24.3 Å². The zero-order valence-electron chi connectivity index (χ0n) is 14.4. The number of nitrogens with one attached hydrogen (secondary N) is 3. The molecule has 0 heterocycles. The highest BCUT2D eigenvalue weighted by Crippen LogP contribution is 2.10. The molecule has 0 saturated carbocycles. The lowest BCUT2D eigenvalue weighted by Crippen LogP contribution is -2.29. The minimum absolute atomic E-state index is 0.140. The smallest absolute Gasteiger partial charge is 0.319 e. The van der Waals surface area contributed by atoms with Crippen molar-refractivity contribution in [3.8, 4) is 0 Å². The van der Waals surface area contributed by atoms with E-state index in [1.54, 1.807) is 31.3 Å². The number of amides is 3. The molecule has 1 aromatic carbocycles. The Kier molecular flexibility index (Phi) is 8.80. The van der Waals surface area contributed by atoms with Gasteiger partial charge in [-0.05, 0) is 36.6 Å². The predicted octanol–water partition coefficient (Wildman–Crippen LogP) is 3.77. The van der Waals surface area contributed by atoms with Crippen molar-refractivity contribution in [1.29, 1.82) is 0 Å². The number of anilines is 1. The van der Waals surface area contributed by atoms with Crippen molar-refractivity contribution < 1.29 is 9.59 Å². The third-order valence-electron chi connectivity index (χ3n) is 3.63. The fraction of sp³-hybridized carbons (Fsp3) is 0.556. The molecule has 3 N–H and O–H groups in total. The maximum atomic E-state index is 11.8. The summed E-state index contributed by atoms with van der Waals surface area (Å²) >= 11 is 0. The second-order valence-corrected chi connectivity index (χ2v) is 6.13. The summed E-state index contributed by atoms with van der Waals surface area (Å²) in [6, 6.07) is 6.60. The molecule has 0 spiro atoms. The van der Waals surface area contributed by atoms with Gasteiger partial charge in [0.2, 0.25) is 0 Å². The van der Waals surface area contributed by atoms with E-state index < -0.39 is 0 Å². The molecule has 23 heavy (non-hydrogen) atoms. The van der Waals surface area contributed by atoms with Crippen molar-refractivity contribution in [3.05, 3.63) is 29.8 Å². The Morgan fingerprint density at radius 3 is 2.26 bits per heavy atom. The number of rotatable bonds is 9. The van der Waals surface area contributed by atoms with E-state index in [1.807, 2.05) is 0 Å². The van der Waals surface area contributed by atoms with Crippen LogP contribution < -0.4 is 16.0 Å². The van der Waals surface area contributed by atoms with Crippen LogP contribution in [0.1, 0.15) is 56.3 Å². The van der Waals surface area contributed by atoms with Crippen LogP contribution >= 0.6 is 0 Å². The van der Waals surface area contributed by atoms with Crippen LogP contribution in [-0.4, -0.2) is 25.5 Å². The van der Waals surface area contributed by atoms with Crippen LogP contribution in [0.25, 0.3) is 0 Å². The Morgan fingerprint density at radius 1 is 1.00 bits per heavy atom. The van der Waals surface area contributed by atoms with Gasteiger partial charge in [-0.25, -0.2) is 4.79 Å². The average Bonchev–Trinajstić information content (AvgIpc) is 2.53. The molecule has 0 saturated heterocycles. The van der Waals surface area contributed by atoms with Gasteiger partial charge in [0.25, 0.3) is 5.91 Å². The molecule has 0 unspecified atom stereocenters. The van der Waals surface area contributed by atoms with Gasteiger partial charge in [-0.1, -0.05) is 39.5 Å². The van der Waals surface area contributed by atoms with Crippen LogP contribution in [0.3, 0.4) is 0 Å². The molecule has 0 aliphatic carbocycles. The third kappa shape index (κ3) is 8.24. The van der Waals surface area contributed by atoms with E-state index >= 15 is 0 Å². The molecule has 0 bridgehead atoms. The highest BCUT2D eigenvalue weighted by atomic mass is 16.2. The summed E-state index contributed by atoms with van der Waals surface area (Å²) in [5, 5.41) is 8.17. The van der Waals surface area contributed by atoms with Crippen LogP contribution in [0, 0.1) is 5.92 Å². The summed E-state index contributed by atoms with van der Waals surface area (Å²) < 4.78 is 0. The molecule has 5 nitrogen and oxygen atoms in total. The first kappa shape index (κ1) is 19.0. The minimum atomic E-state index is -0.208. The quantitative estimate of drug-likeness (QED) is 0.606. The van der Waals surface area contributed by atoms with Gasteiger partial charge < -0.3 is 16.0 Å². The summed E-state index contributed by atoms with van der Waals surface area (Å²) in [5.41, 5.74) is 1.24. The maximum absolute atomic E-state index is 11.8. The Hall–Kier alpha value is -2.04. The third-order valence-corrected chi connectivity index (χ3v) is 3.63. The molecule has 128 valence electrons. The Labute approximate surface area is 139 Å². The lowest BCUT2D eigenvalue weighted by atomic mass is 10.0. The molecule has 3 amide bonds. The molecule has 0 aromatic heterocycles. The molecule has 5 heteroatoms. The summed E-state index contributed by atoms with van der Waals surface area (Å²) in [4.78, 5) is 23.2. The highest BCUT2D eigenvalue weighted by molar-refractivity contribution is 5.95. The lowest BCUT2D eigenvalue weighted by molar-refractivity contribution is 0.0963. The molecular formula is C18H29N3O2. The molecule has 0 radical (unpaired) electrons. The Morgan fingerprint density at radius 2 is 1.65 bits per heavy atom. The van der Waals surface area contributed by atoms with Crippen molar-refractivity contribution in [3.63, 3.8) is 0 Å². The molecule has 0 atom stereocenters. The topological polar surface area (TPSA) is 70.2 Å². The van der Waals surface area contributed by atoms with Gasteiger partial charge in [0.15, 0.2) is 0 Å². The van der Waals surface area contributed by atoms with Gasteiger partial charge in [0.05, 0.1) is 0 Å². The number of carbonyl (C=O) groups is 2. The molecular weight excluding hydrogens is 290 g/mol. The van der Waals surface area contributed by atoms with Crippen LogP contribution in [0.4, 0.5) is 10.5 Å². The summed E-state index contributed by atoms with van der Waals surface area (Å²) in [7, 11) is 1.59. The van der Waals surface area contributed by atoms with E-state index in [-0.39, 0.29) is 11.9 Å². The zero-order chi connectivity index (χ0) is 17.1. The zero-order valence-corrected chi connectivity index (χ0v) is 14.4. The van der Waals surface area contributed by atoms with Crippen molar-refractivity contribution in [1.82, 2.24) is 10.6 Å². The van der Waals surface area contributed by atoms with Crippen molar-refractivity contribution in [2.24, 2.45) is 5.92 Å². The fourth-order valence-corrected chi connectivity index (χ4v) is 2.26. The number of unbranched alkanes of at least 4 members (excludes halogenated alkanes) is 3. The van der Waals surface area contributed by atoms with E-state index in [9.17, 15) is 9.59 Å². The van der Waals surface area contributed by atoms with Gasteiger partial charge in [0, 0.05) is 24.8 Å². The summed E-state index contributed by atoms with van der Waals surface area (Å²) in [6.07, 6.45) is 5.92. The number of benzene rings is 1. The van der Waals surface area contributed by atoms with Gasteiger partial charge in [-0.3, -0.25) is 4.79 Å². The molecule has 0 aliphatic heterocycles. The first-order valence-corrected chi connectivity index (χ1v) is 8.40. The Balaban J connectivity index is 2.17. The monoisotopic (exact) mass is 319 g/mol. The van der Waals surface area contributed by atoms with Gasteiger partial charge in [-0.2, -0.15) is 0 Å². The summed E-state index contributed by atoms with van der Waals surface area (Å²) in [6.45, 7) is 5.17. The van der Waals surface area contributed by atoms with Crippen molar-refractivity contribution in [2.75, 3.05) is 18.9 Å². The number of urea groups is 1. The highest BCUT2D eigenvalue weighted by Gasteiger charge is 2.04. The Bertz CT molecular complexity index is 484. The summed E-state index contributed by atoms with van der Waals surface area (Å²) in [5.74, 6) is 0.632. The molecule has 1 aromatic rings. The lowest BCUT2D eigenvalue weighted by Gasteiger charge is -2.08. The normalized spacial score (nSPS) is 10.4. The fourth-order valence-electron chi connectivity index (χ4n) is 2.26. The van der Waals surface area contributed by atoms with E-state index in [0.717, 1.165) is 18.8 Å². The van der Waals surface area contributed by atoms with E-state index in [4.69, 9.17) is 0 Å². The number of hydrogen-bond donors (Lipinski definition) is 3.